The molecular formula is C26H19F4N7O4S. The second-order valence-electron chi connectivity index (χ2n) is 8.73. The molecular weight excluding hydrogens is 582 g/mol. The van der Waals surface area contributed by atoms with Crippen molar-refractivity contribution in [3.63, 3.8) is 0 Å². The van der Waals surface area contributed by atoms with E-state index in [0.717, 1.165) is 0 Å². The third kappa shape index (κ3) is 5.31. The summed E-state index contributed by atoms with van der Waals surface area (Å²) in [4.78, 5) is 19.0. The molecule has 0 bridgehead atoms. The number of ether oxygens (including phenoxy) is 1. The van der Waals surface area contributed by atoms with Gasteiger partial charge in [-0.3, -0.25) is 4.79 Å². The van der Waals surface area contributed by atoms with Crippen molar-refractivity contribution in [2.45, 2.75) is 11.4 Å². The highest BCUT2D eigenvalue weighted by molar-refractivity contribution is 7.89. The molecule has 3 aromatic carbocycles. The number of hydrogen-bond donors (Lipinski definition) is 3. The highest BCUT2D eigenvalue weighted by atomic mass is 32.2. The number of carbonyl (C=O) groups is 1. The Morgan fingerprint density at radius 2 is 1.55 bits per heavy atom. The number of nitrogens with zero attached hydrogens (tertiary/aromatic N) is 4. The average molecular weight is 602 g/mol. The first-order valence-electron chi connectivity index (χ1n) is 11.9. The summed E-state index contributed by atoms with van der Waals surface area (Å²) >= 11 is 0. The lowest BCUT2D eigenvalue weighted by atomic mass is 10.1. The Balaban J connectivity index is 1.41. The number of halogens is 4. The maximum Gasteiger partial charge on any atom is 0.255 e. The van der Waals surface area contributed by atoms with Gasteiger partial charge in [-0.1, -0.05) is 18.2 Å². The molecule has 2 heterocycles. The summed E-state index contributed by atoms with van der Waals surface area (Å²) in [6.07, 6.45) is 1.19. The van der Waals surface area contributed by atoms with E-state index in [2.05, 4.69) is 20.4 Å². The molecule has 216 valence electrons. The third-order valence-corrected chi connectivity index (χ3v) is 6.96. The molecule has 5 aromatic rings. The monoisotopic (exact) mass is 601 g/mol. The lowest BCUT2D eigenvalue weighted by molar-refractivity contribution is 0.0941. The third-order valence-electron chi connectivity index (χ3n) is 6.01. The molecule has 0 saturated carbocycles. The first kappa shape index (κ1) is 28.4. The largest absolute Gasteiger partial charge is 0.457 e. The van der Waals surface area contributed by atoms with Crippen molar-refractivity contribution in [1.29, 1.82) is 0 Å². The van der Waals surface area contributed by atoms with Gasteiger partial charge in [-0.2, -0.15) is 5.10 Å². The van der Waals surface area contributed by atoms with E-state index in [1.807, 2.05) is 18.2 Å². The summed E-state index contributed by atoms with van der Waals surface area (Å²) in [5, 5.41) is 11.8. The summed E-state index contributed by atoms with van der Waals surface area (Å²) in [6.45, 7) is -0.515. The van der Waals surface area contributed by atoms with Gasteiger partial charge in [0.15, 0.2) is 28.9 Å². The predicted octanol–water partition coefficient (Wildman–Crippen LogP) is 3.50. The van der Waals surface area contributed by atoms with Gasteiger partial charge in [-0.25, -0.2) is 45.8 Å². The highest BCUT2D eigenvalue weighted by Gasteiger charge is 2.34. The maximum atomic E-state index is 14.4. The minimum absolute atomic E-state index is 0.104. The van der Waals surface area contributed by atoms with Crippen LogP contribution in [0.5, 0.6) is 11.5 Å². The van der Waals surface area contributed by atoms with E-state index in [0.29, 0.717) is 28.1 Å². The Kier molecular flexibility index (Phi) is 7.49. The van der Waals surface area contributed by atoms with Crippen LogP contribution in [0.1, 0.15) is 10.4 Å². The number of nitrogens with one attached hydrogen (secondary N) is 1. The van der Waals surface area contributed by atoms with Crippen molar-refractivity contribution in [3.05, 3.63) is 89.8 Å². The van der Waals surface area contributed by atoms with Crippen LogP contribution >= 0.6 is 0 Å². The number of sulfonamides is 1. The zero-order valence-electron chi connectivity index (χ0n) is 21.2. The standard InChI is InChI=1S/C26H19F4N7O4S/c27-18-16(23(42(32,39)40)21(30)20(29)19(18)28)26(38)33-10-11-37-25-17(24(31)34-12-35-25)22(36-37)13-6-8-15(9-7-13)41-14-4-2-1-3-5-14/h1-9,12H,10-11H2,(H,33,38)(H2,31,34,35)(H2,32,39,40). The molecule has 16 heteroatoms. The summed E-state index contributed by atoms with van der Waals surface area (Å²) in [7, 11) is -5.17. The van der Waals surface area contributed by atoms with E-state index < -0.39 is 49.7 Å². The van der Waals surface area contributed by atoms with E-state index in [1.165, 1.54) is 11.0 Å². The molecule has 0 spiro atoms. The van der Waals surface area contributed by atoms with Crippen LogP contribution in [0.15, 0.2) is 65.8 Å². The Morgan fingerprint density at radius 1 is 0.905 bits per heavy atom. The summed E-state index contributed by atoms with van der Waals surface area (Å²) in [6, 6.07) is 16.0. The fourth-order valence-corrected chi connectivity index (χ4v) is 4.95. The van der Waals surface area contributed by atoms with Crippen LogP contribution < -0.4 is 20.9 Å². The molecule has 0 saturated heterocycles. The van der Waals surface area contributed by atoms with Gasteiger partial charge < -0.3 is 15.8 Å². The topological polar surface area (TPSA) is 168 Å². The van der Waals surface area contributed by atoms with Crippen molar-refractivity contribution in [2.75, 3.05) is 12.3 Å². The van der Waals surface area contributed by atoms with Gasteiger partial charge in [0.2, 0.25) is 10.0 Å². The molecule has 1 amide bonds. The number of amides is 1. The molecule has 42 heavy (non-hydrogen) atoms. The first-order chi connectivity index (χ1) is 20.0. The molecule has 0 fully saturated rings. The molecule has 0 aliphatic carbocycles. The number of nitrogen functional groups attached to an aromatic ring is 1. The maximum absolute atomic E-state index is 14.4. The van der Waals surface area contributed by atoms with Gasteiger partial charge in [-0.05, 0) is 36.4 Å². The van der Waals surface area contributed by atoms with Crippen LogP contribution in [0.3, 0.4) is 0 Å². The van der Waals surface area contributed by atoms with Gasteiger partial charge in [-0.15, -0.1) is 0 Å². The average Bonchev–Trinajstić information content (AvgIpc) is 3.33. The number of hydrogen-bond acceptors (Lipinski definition) is 8. The number of primary sulfonamides is 1. The lowest BCUT2D eigenvalue weighted by Gasteiger charge is -2.12. The van der Waals surface area contributed by atoms with E-state index >= 15 is 0 Å². The van der Waals surface area contributed by atoms with Crippen LogP contribution in [0, 0.1) is 23.3 Å². The van der Waals surface area contributed by atoms with Crippen molar-refractivity contribution in [1.82, 2.24) is 25.1 Å². The molecule has 5 rings (SSSR count). The quantitative estimate of drug-likeness (QED) is 0.138. The van der Waals surface area contributed by atoms with Gasteiger partial charge in [0.1, 0.15) is 39.8 Å². The van der Waals surface area contributed by atoms with Gasteiger partial charge >= 0.3 is 0 Å². The number of anilines is 1. The van der Waals surface area contributed by atoms with Gasteiger partial charge in [0.25, 0.3) is 5.91 Å². The zero-order valence-corrected chi connectivity index (χ0v) is 22.0. The molecule has 0 atom stereocenters. The summed E-state index contributed by atoms with van der Waals surface area (Å²) in [5.74, 6) is -9.61. The van der Waals surface area contributed by atoms with Crippen LogP contribution in [0.25, 0.3) is 22.3 Å². The highest BCUT2D eigenvalue weighted by Crippen LogP contribution is 2.32. The van der Waals surface area contributed by atoms with E-state index in [4.69, 9.17) is 15.6 Å². The van der Waals surface area contributed by atoms with E-state index in [9.17, 15) is 30.8 Å². The summed E-state index contributed by atoms with van der Waals surface area (Å²) in [5.41, 5.74) is 5.74. The molecule has 5 N–H and O–H groups in total. The molecule has 2 aromatic heterocycles. The fraction of sp³-hybridized carbons (Fsp3) is 0.0769. The number of para-hydroxylation sites is 1. The number of aromatic nitrogens is 4. The van der Waals surface area contributed by atoms with E-state index in [1.54, 1.807) is 36.4 Å². The van der Waals surface area contributed by atoms with E-state index in [-0.39, 0.29) is 24.6 Å². The van der Waals surface area contributed by atoms with Gasteiger partial charge in [0, 0.05) is 12.1 Å². The molecule has 0 aliphatic heterocycles. The Bertz CT molecular complexity index is 1940. The van der Waals surface area contributed by atoms with Crippen molar-refractivity contribution in [2.24, 2.45) is 5.14 Å². The number of benzene rings is 3. The van der Waals surface area contributed by atoms with Crippen LogP contribution in [0.2, 0.25) is 0 Å². The zero-order chi connectivity index (χ0) is 30.2. The smallest absolute Gasteiger partial charge is 0.255 e. The minimum Gasteiger partial charge on any atom is -0.457 e. The SMILES string of the molecule is Nc1ncnc2c1c(-c1ccc(Oc3ccccc3)cc1)nn2CCNC(=O)c1c(F)c(F)c(F)c(F)c1S(N)(=O)=O. The van der Waals surface area contributed by atoms with Crippen LogP contribution in [0.4, 0.5) is 23.4 Å². The number of fused-ring (bicyclic) bond motifs is 1. The second-order valence-corrected chi connectivity index (χ2v) is 10.2. The second kappa shape index (κ2) is 11.1. The first-order valence-corrected chi connectivity index (χ1v) is 13.5. The van der Waals surface area contributed by atoms with Crippen molar-refractivity contribution < 1.29 is 35.5 Å². The van der Waals surface area contributed by atoms with Gasteiger partial charge in [0.05, 0.1) is 11.9 Å². The molecule has 0 aliphatic rings. The van der Waals surface area contributed by atoms with Crippen molar-refractivity contribution >= 4 is 32.8 Å². The number of rotatable bonds is 8. The summed E-state index contributed by atoms with van der Waals surface area (Å²) < 4.78 is 86.8. The minimum atomic E-state index is -5.17. The fourth-order valence-electron chi connectivity index (χ4n) is 4.14. The Labute approximate surface area is 234 Å². The van der Waals surface area contributed by atoms with Crippen LogP contribution in [-0.2, 0) is 16.6 Å². The molecule has 11 nitrogen and oxygen atoms in total. The number of carbonyl (C=O) groups excluding carboxylic acids is 1. The lowest BCUT2D eigenvalue weighted by Crippen LogP contribution is -2.32. The Hall–Kier alpha value is -5.09. The molecule has 0 unspecified atom stereocenters. The normalized spacial score (nSPS) is 11.5. The predicted molar refractivity (Wildman–Crippen MR) is 142 cm³/mol. The number of nitrogens with two attached hydrogens (primary N) is 2. The van der Waals surface area contributed by atoms with Crippen LogP contribution in [-0.4, -0.2) is 40.6 Å². The van der Waals surface area contributed by atoms with Crippen molar-refractivity contribution in [3.8, 4) is 22.8 Å². The molecule has 0 radical (unpaired) electrons. The Morgan fingerprint density at radius 3 is 2.21 bits per heavy atom.